The number of piperidine rings is 1. The number of ketones is 1. The number of carbonyl (C=O) groups excluding carboxylic acids is 1. The Hall–Kier alpha value is -2.16. The quantitative estimate of drug-likeness (QED) is 0.815. The Bertz CT molecular complexity index is 926. The van der Waals surface area contributed by atoms with Gasteiger partial charge in [-0.05, 0) is 44.7 Å². The van der Waals surface area contributed by atoms with Crippen molar-refractivity contribution in [3.8, 4) is 11.8 Å². The highest BCUT2D eigenvalue weighted by Gasteiger charge is 2.72. The molecule has 4 aliphatic rings. The summed E-state index contributed by atoms with van der Waals surface area (Å²) in [6, 6.07) is 5.97. The summed E-state index contributed by atoms with van der Waals surface area (Å²) < 4.78 is 6.15. The molecule has 0 amide bonds. The molecule has 2 heterocycles. The molecule has 2 bridgehead atoms. The molecule has 1 saturated carbocycles. The zero-order valence-electron chi connectivity index (χ0n) is 15.8. The van der Waals surface area contributed by atoms with Gasteiger partial charge in [-0.1, -0.05) is 17.7 Å². The van der Waals surface area contributed by atoms with Gasteiger partial charge in [0, 0.05) is 31.1 Å². The number of hydrogen-bond acceptors (Lipinski definition) is 5. The molecule has 5 nitrogen and oxygen atoms in total. The molecule has 27 heavy (non-hydrogen) atoms. The minimum atomic E-state index is -0.994. The lowest BCUT2D eigenvalue weighted by atomic mass is 9.49. The van der Waals surface area contributed by atoms with E-state index in [-0.39, 0.29) is 11.8 Å². The number of ether oxygens (including phenoxy) is 1. The molecular formula is C22H24N2O3. The van der Waals surface area contributed by atoms with Gasteiger partial charge in [0.2, 0.25) is 0 Å². The van der Waals surface area contributed by atoms with Crippen molar-refractivity contribution in [3.63, 3.8) is 0 Å². The van der Waals surface area contributed by atoms with Crippen LogP contribution in [0.3, 0.4) is 0 Å². The van der Waals surface area contributed by atoms with Crippen LogP contribution in [-0.4, -0.2) is 46.6 Å². The second kappa shape index (κ2) is 5.43. The molecule has 5 rings (SSSR count). The van der Waals surface area contributed by atoms with Crippen LogP contribution in [0, 0.1) is 11.3 Å². The van der Waals surface area contributed by atoms with Gasteiger partial charge in [0.15, 0.2) is 11.9 Å². The number of benzene rings is 1. The first-order chi connectivity index (χ1) is 12.9. The Balaban J connectivity index is 1.72. The van der Waals surface area contributed by atoms with Crippen LogP contribution < -0.4 is 4.74 Å². The highest BCUT2D eigenvalue weighted by atomic mass is 16.5. The first kappa shape index (κ1) is 17.0. The average Bonchev–Trinajstić information content (AvgIpc) is 2.99. The van der Waals surface area contributed by atoms with Crippen molar-refractivity contribution >= 4 is 5.78 Å². The summed E-state index contributed by atoms with van der Waals surface area (Å²) in [6.07, 6.45) is 3.76. The van der Waals surface area contributed by atoms with Gasteiger partial charge in [0.05, 0.1) is 16.6 Å². The van der Waals surface area contributed by atoms with E-state index in [2.05, 4.69) is 30.9 Å². The van der Waals surface area contributed by atoms with E-state index < -0.39 is 17.1 Å². The van der Waals surface area contributed by atoms with Gasteiger partial charge in [-0.2, -0.15) is 5.26 Å². The fraction of sp³-hybridized carbons (Fsp3) is 0.545. The second-order valence-electron chi connectivity index (χ2n) is 8.69. The van der Waals surface area contributed by atoms with Crippen LogP contribution in [-0.2, 0) is 16.6 Å². The molecule has 0 aromatic heterocycles. The Morgan fingerprint density at radius 1 is 1.44 bits per heavy atom. The van der Waals surface area contributed by atoms with Crippen molar-refractivity contribution in [2.75, 3.05) is 13.1 Å². The molecule has 2 aliphatic carbocycles. The molecule has 4 unspecified atom stereocenters. The van der Waals surface area contributed by atoms with Gasteiger partial charge in [0.1, 0.15) is 11.8 Å². The zero-order chi connectivity index (χ0) is 19.0. The summed E-state index contributed by atoms with van der Waals surface area (Å²) in [5.74, 6) is 0.606. The molecule has 1 aromatic carbocycles. The fourth-order valence-corrected chi connectivity index (χ4v) is 6.03. The Morgan fingerprint density at radius 2 is 2.26 bits per heavy atom. The third-order valence-electron chi connectivity index (χ3n) is 7.24. The topological polar surface area (TPSA) is 73.6 Å². The minimum Gasteiger partial charge on any atom is -0.480 e. The molecular weight excluding hydrogens is 340 g/mol. The van der Waals surface area contributed by atoms with Crippen molar-refractivity contribution in [2.24, 2.45) is 0 Å². The van der Waals surface area contributed by atoms with Crippen molar-refractivity contribution in [3.05, 3.63) is 40.5 Å². The van der Waals surface area contributed by atoms with Gasteiger partial charge < -0.3 is 9.84 Å². The lowest BCUT2D eigenvalue weighted by molar-refractivity contribution is -0.187. The van der Waals surface area contributed by atoms with Crippen molar-refractivity contribution in [1.82, 2.24) is 4.90 Å². The smallest absolute Gasteiger partial charge is 0.174 e. The van der Waals surface area contributed by atoms with E-state index in [9.17, 15) is 15.2 Å². The van der Waals surface area contributed by atoms with Crippen LogP contribution in [0.4, 0.5) is 0 Å². The second-order valence-corrected chi connectivity index (χ2v) is 8.69. The molecule has 4 atom stereocenters. The van der Waals surface area contributed by atoms with E-state index >= 15 is 0 Å². The van der Waals surface area contributed by atoms with Gasteiger partial charge in [-0.3, -0.25) is 9.69 Å². The highest BCUT2D eigenvalue weighted by Crippen LogP contribution is 2.63. The number of aliphatic hydroxyl groups is 1. The molecule has 2 aliphatic heterocycles. The first-order valence-corrected chi connectivity index (χ1v) is 9.78. The molecule has 5 heteroatoms. The van der Waals surface area contributed by atoms with Crippen LogP contribution in [0.25, 0.3) is 0 Å². The molecule has 1 N–H and O–H groups in total. The van der Waals surface area contributed by atoms with Crippen molar-refractivity contribution < 1.29 is 14.6 Å². The summed E-state index contributed by atoms with van der Waals surface area (Å²) in [5, 5.41) is 21.6. The van der Waals surface area contributed by atoms with Gasteiger partial charge >= 0.3 is 0 Å². The number of nitriles is 1. The molecule has 1 spiro atoms. The Labute approximate surface area is 159 Å². The Morgan fingerprint density at radius 3 is 3.00 bits per heavy atom. The summed E-state index contributed by atoms with van der Waals surface area (Å²) in [7, 11) is 0. The molecule has 1 saturated heterocycles. The van der Waals surface area contributed by atoms with Gasteiger partial charge in [-0.15, -0.1) is 0 Å². The van der Waals surface area contributed by atoms with Crippen LogP contribution >= 0.6 is 0 Å². The highest BCUT2D eigenvalue weighted by molar-refractivity contribution is 5.90. The SMILES string of the molecule is CC(C)=CCN1CCC23c4c5ccc(C#N)c4OC2C(=O)CCC3(O)C1C5. The van der Waals surface area contributed by atoms with Gasteiger partial charge in [0.25, 0.3) is 0 Å². The van der Waals surface area contributed by atoms with E-state index in [1.54, 1.807) is 6.07 Å². The maximum Gasteiger partial charge on any atom is 0.174 e. The predicted molar refractivity (Wildman–Crippen MR) is 99.6 cm³/mol. The number of nitrogens with zero attached hydrogens (tertiary/aromatic N) is 2. The maximum absolute atomic E-state index is 12.8. The number of carbonyl (C=O) groups is 1. The van der Waals surface area contributed by atoms with Crippen LogP contribution in [0.1, 0.15) is 49.8 Å². The summed E-state index contributed by atoms with van der Waals surface area (Å²) in [4.78, 5) is 15.2. The lowest BCUT2D eigenvalue weighted by Gasteiger charge is -2.62. The van der Waals surface area contributed by atoms with Crippen molar-refractivity contribution in [1.29, 1.82) is 5.26 Å². The predicted octanol–water partition coefficient (Wildman–Crippen LogP) is 2.25. The fourth-order valence-electron chi connectivity index (χ4n) is 6.03. The van der Waals surface area contributed by atoms with Crippen LogP contribution in [0.15, 0.2) is 23.8 Å². The zero-order valence-corrected chi connectivity index (χ0v) is 15.8. The van der Waals surface area contributed by atoms with E-state index in [0.29, 0.717) is 30.6 Å². The molecule has 1 aromatic rings. The van der Waals surface area contributed by atoms with Crippen LogP contribution in [0.5, 0.6) is 5.75 Å². The maximum atomic E-state index is 12.8. The van der Waals surface area contributed by atoms with E-state index in [0.717, 1.165) is 30.6 Å². The van der Waals surface area contributed by atoms with E-state index in [4.69, 9.17) is 4.74 Å². The summed E-state index contributed by atoms with van der Waals surface area (Å²) in [5.41, 5.74) is 2.10. The van der Waals surface area contributed by atoms with Crippen LogP contribution in [0.2, 0.25) is 0 Å². The first-order valence-electron chi connectivity index (χ1n) is 9.78. The molecule has 2 fully saturated rings. The van der Waals surface area contributed by atoms with E-state index in [1.165, 1.54) is 5.57 Å². The number of Topliss-reactive ketones (excluding diaryl/α,β-unsaturated/α-hetero) is 1. The average molecular weight is 364 g/mol. The normalized spacial score (nSPS) is 35.9. The number of likely N-dealkylation sites (tertiary alicyclic amines) is 1. The third kappa shape index (κ3) is 1.93. The third-order valence-corrected chi connectivity index (χ3v) is 7.24. The summed E-state index contributed by atoms with van der Waals surface area (Å²) >= 11 is 0. The summed E-state index contributed by atoms with van der Waals surface area (Å²) in [6.45, 7) is 5.81. The number of rotatable bonds is 2. The molecule has 140 valence electrons. The van der Waals surface area contributed by atoms with Gasteiger partial charge in [-0.25, -0.2) is 0 Å². The number of hydrogen-bond donors (Lipinski definition) is 1. The van der Waals surface area contributed by atoms with E-state index in [1.807, 2.05) is 6.07 Å². The minimum absolute atomic E-state index is 0.0348. The Kier molecular flexibility index (Phi) is 3.42. The van der Waals surface area contributed by atoms with Crippen molar-refractivity contribution in [2.45, 2.75) is 62.7 Å². The molecule has 0 radical (unpaired) electrons. The largest absolute Gasteiger partial charge is 0.480 e. The number of allylic oxidation sites excluding steroid dienone is 1. The monoisotopic (exact) mass is 364 g/mol. The standard InChI is InChI=1S/C22H24N2O3/c1-13(2)6-9-24-10-8-21-18-14-3-4-15(12-23)19(18)27-20(21)16(25)5-7-22(21,26)17(24)11-14/h3-4,6,17,20,26H,5,7-11H2,1-2H3. The lowest BCUT2D eigenvalue weighted by Crippen LogP contribution is -2.76.